The van der Waals surface area contributed by atoms with Gasteiger partial charge in [-0.1, -0.05) is 54.6 Å². The van der Waals surface area contributed by atoms with Gasteiger partial charge in [0.15, 0.2) is 17.3 Å². The van der Waals surface area contributed by atoms with E-state index in [2.05, 4.69) is 0 Å². The van der Waals surface area contributed by atoms with E-state index in [0.717, 1.165) is 16.7 Å². The number of benzene rings is 3. The number of allylic oxidation sites excluding steroid dienone is 2. The molecule has 5 rings (SSSR count). The van der Waals surface area contributed by atoms with E-state index in [1.165, 1.54) is 0 Å². The molecule has 7 heteroatoms. The van der Waals surface area contributed by atoms with Crippen LogP contribution in [0.3, 0.4) is 0 Å². The van der Waals surface area contributed by atoms with Crippen molar-refractivity contribution in [2.24, 2.45) is 10.9 Å². The molecule has 1 heterocycles. The molecule has 0 amide bonds. The molecule has 0 spiro atoms. The van der Waals surface area contributed by atoms with Crippen LogP contribution in [0.2, 0.25) is 0 Å². The molecule has 212 valence electrons. The second kappa shape index (κ2) is 12.4. The molecule has 0 N–H and O–H groups in total. The van der Waals surface area contributed by atoms with E-state index >= 15 is 0 Å². The highest BCUT2D eigenvalue weighted by Crippen LogP contribution is 2.49. The third-order valence-electron chi connectivity index (χ3n) is 7.80. The maximum Gasteiger partial charge on any atom is 0.315 e. The summed E-state index contributed by atoms with van der Waals surface area (Å²) in [5.74, 6) is 0.0927. The molecule has 0 saturated heterocycles. The van der Waals surface area contributed by atoms with Crippen LogP contribution in [0.4, 0.5) is 0 Å². The van der Waals surface area contributed by atoms with E-state index in [4.69, 9.17) is 23.9 Å². The minimum absolute atomic E-state index is 0.0283. The van der Waals surface area contributed by atoms with Gasteiger partial charge in [-0.2, -0.15) is 0 Å². The van der Waals surface area contributed by atoms with Crippen LogP contribution in [0.1, 0.15) is 55.2 Å². The van der Waals surface area contributed by atoms with E-state index in [-0.39, 0.29) is 18.3 Å². The Morgan fingerprint density at radius 3 is 2.37 bits per heavy atom. The molecule has 3 atom stereocenters. The highest BCUT2D eigenvalue weighted by atomic mass is 16.5. The van der Waals surface area contributed by atoms with E-state index in [1.807, 2.05) is 79.7 Å². The SMILES string of the molecule is CCOC(=O)C1C(C)=NC2=C(C(=O)C[C@@H](c3ccc(OC)c(OC)c3)C2)[C@H]1c1ccccc1OCc1ccccc1. The number of aliphatic imine (C=N–C) groups is 1. The normalized spacial score (nSPS) is 20.1. The topological polar surface area (TPSA) is 83.4 Å². The van der Waals surface area contributed by atoms with Gasteiger partial charge in [0.2, 0.25) is 0 Å². The van der Waals surface area contributed by atoms with Crippen LogP contribution in [0, 0.1) is 5.92 Å². The van der Waals surface area contributed by atoms with Crippen LogP contribution >= 0.6 is 0 Å². The van der Waals surface area contributed by atoms with Crippen LogP contribution < -0.4 is 14.2 Å². The summed E-state index contributed by atoms with van der Waals surface area (Å²) in [5, 5.41) is 0. The van der Waals surface area contributed by atoms with Crippen molar-refractivity contribution in [3.8, 4) is 17.2 Å². The number of para-hydroxylation sites is 1. The zero-order valence-electron chi connectivity index (χ0n) is 23.9. The Kier molecular flexibility index (Phi) is 8.53. The van der Waals surface area contributed by atoms with Gasteiger partial charge in [-0.15, -0.1) is 0 Å². The Balaban J connectivity index is 1.56. The lowest BCUT2D eigenvalue weighted by Crippen LogP contribution is -2.38. The van der Waals surface area contributed by atoms with E-state index in [0.29, 0.717) is 53.7 Å². The molecule has 3 aromatic carbocycles. The average molecular weight is 554 g/mol. The van der Waals surface area contributed by atoms with Gasteiger partial charge in [0.25, 0.3) is 0 Å². The first-order chi connectivity index (χ1) is 19.9. The third kappa shape index (κ3) is 5.75. The highest BCUT2D eigenvalue weighted by molar-refractivity contribution is 6.09. The molecule has 0 fully saturated rings. The van der Waals surface area contributed by atoms with Gasteiger partial charge in [0.1, 0.15) is 18.3 Å². The Labute approximate surface area is 240 Å². The van der Waals surface area contributed by atoms with Crippen molar-refractivity contribution < 1.29 is 28.5 Å². The largest absolute Gasteiger partial charge is 0.493 e. The molecule has 7 nitrogen and oxygen atoms in total. The van der Waals surface area contributed by atoms with Crippen molar-refractivity contribution in [1.29, 1.82) is 0 Å². The molecule has 0 aromatic heterocycles. The quantitative estimate of drug-likeness (QED) is 0.284. The molecule has 1 aliphatic carbocycles. The molecule has 2 aliphatic rings. The van der Waals surface area contributed by atoms with Crippen LogP contribution in [0.5, 0.6) is 17.2 Å². The molecule has 41 heavy (non-hydrogen) atoms. The van der Waals surface area contributed by atoms with E-state index < -0.39 is 17.8 Å². The van der Waals surface area contributed by atoms with Crippen molar-refractivity contribution in [3.05, 3.63) is 101 Å². The van der Waals surface area contributed by atoms with Crippen LogP contribution in [-0.4, -0.2) is 38.3 Å². The first-order valence-electron chi connectivity index (χ1n) is 13.9. The Hall–Kier alpha value is -4.39. The van der Waals surface area contributed by atoms with Gasteiger partial charge in [-0.25, -0.2) is 0 Å². The Morgan fingerprint density at radius 1 is 0.902 bits per heavy atom. The number of methoxy groups -OCH3 is 2. The molecule has 0 saturated carbocycles. The summed E-state index contributed by atoms with van der Waals surface area (Å²) in [4.78, 5) is 32.3. The van der Waals surface area contributed by atoms with Crippen LogP contribution in [0.15, 0.2) is 89.1 Å². The summed E-state index contributed by atoms with van der Waals surface area (Å²) < 4.78 is 22.7. The van der Waals surface area contributed by atoms with Crippen molar-refractivity contribution in [3.63, 3.8) is 0 Å². The zero-order chi connectivity index (χ0) is 28.9. The van der Waals surface area contributed by atoms with E-state index in [1.54, 1.807) is 21.1 Å². The maximum atomic E-state index is 14.0. The lowest BCUT2D eigenvalue weighted by molar-refractivity contribution is -0.146. The summed E-state index contributed by atoms with van der Waals surface area (Å²) >= 11 is 0. The van der Waals surface area contributed by atoms with Crippen molar-refractivity contribution in [1.82, 2.24) is 0 Å². The molecule has 1 unspecified atom stereocenters. The number of carbonyl (C=O) groups excluding carboxylic acids is 2. The van der Waals surface area contributed by atoms with Crippen molar-refractivity contribution in [2.45, 2.75) is 45.1 Å². The molecule has 1 aliphatic heterocycles. The Morgan fingerprint density at radius 2 is 1.63 bits per heavy atom. The summed E-state index contributed by atoms with van der Waals surface area (Å²) in [5.41, 5.74) is 4.69. The predicted octanol–water partition coefficient (Wildman–Crippen LogP) is 6.42. The summed E-state index contributed by atoms with van der Waals surface area (Å²) in [6, 6.07) is 23.3. The van der Waals surface area contributed by atoms with Gasteiger partial charge >= 0.3 is 5.97 Å². The average Bonchev–Trinajstić information content (AvgIpc) is 2.99. The van der Waals surface area contributed by atoms with Crippen LogP contribution in [0.25, 0.3) is 0 Å². The molecule has 0 bridgehead atoms. The lowest BCUT2D eigenvalue weighted by atomic mass is 9.69. The van der Waals surface area contributed by atoms with E-state index in [9.17, 15) is 9.59 Å². The second-order valence-corrected chi connectivity index (χ2v) is 10.3. The molecule has 3 aromatic rings. The lowest BCUT2D eigenvalue weighted by Gasteiger charge is -2.37. The number of ketones is 1. The smallest absolute Gasteiger partial charge is 0.315 e. The number of Topliss-reactive ketones (excluding diaryl/α,β-unsaturated/α-hetero) is 1. The Bertz CT molecular complexity index is 1490. The molecular formula is C34H35NO6. The minimum Gasteiger partial charge on any atom is -0.493 e. The monoisotopic (exact) mass is 553 g/mol. The van der Waals surface area contributed by atoms with Gasteiger partial charge in [0, 0.05) is 34.9 Å². The maximum absolute atomic E-state index is 14.0. The van der Waals surface area contributed by atoms with Gasteiger partial charge in [-0.05, 0) is 55.5 Å². The molecule has 0 radical (unpaired) electrons. The number of ether oxygens (including phenoxy) is 4. The van der Waals surface area contributed by atoms with Crippen molar-refractivity contribution in [2.75, 3.05) is 20.8 Å². The molecular weight excluding hydrogens is 518 g/mol. The first-order valence-corrected chi connectivity index (χ1v) is 13.9. The predicted molar refractivity (Wildman–Crippen MR) is 157 cm³/mol. The zero-order valence-corrected chi connectivity index (χ0v) is 23.9. The fraction of sp³-hybridized carbons (Fsp3) is 0.324. The number of carbonyl (C=O) groups is 2. The standard InChI is InChI=1S/C34H35NO6/c1-5-40-34(37)31-21(2)35-26-17-24(23-15-16-29(38-3)30(19-23)39-4)18-27(36)33(26)32(31)25-13-9-10-14-28(25)41-20-22-11-7-6-8-12-22/h6-16,19,24,31-32H,5,17-18,20H2,1-4H3/t24-,31?,32-/m0/s1. The number of esters is 1. The number of hydrogen-bond acceptors (Lipinski definition) is 7. The minimum atomic E-state index is -0.725. The number of rotatable bonds is 9. The van der Waals surface area contributed by atoms with Crippen LogP contribution in [-0.2, 0) is 20.9 Å². The highest BCUT2D eigenvalue weighted by Gasteiger charge is 2.45. The number of hydrogen-bond donors (Lipinski definition) is 0. The number of nitrogens with zero attached hydrogens (tertiary/aromatic N) is 1. The summed E-state index contributed by atoms with van der Waals surface area (Å²) in [6.45, 7) is 4.23. The van der Waals surface area contributed by atoms with Gasteiger partial charge in [-0.3, -0.25) is 14.6 Å². The summed E-state index contributed by atoms with van der Waals surface area (Å²) in [7, 11) is 3.19. The second-order valence-electron chi connectivity index (χ2n) is 10.3. The fourth-order valence-electron chi connectivity index (χ4n) is 5.88. The van der Waals surface area contributed by atoms with Gasteiger partial charge in [0.05, 0.1) is 20.8 Å². The first kappa shape index (κ1) is 28.1. The third-order valence-corrected chi connectivity index (χ3v) is 7.80. The summed E-state index contributed by atoms with van der Waals surface area (Å²) in [6.07, 6.45) is 0.856. The van der Waals surface area contributed by atoms with Crippen molar-refractivity contribution >= 4 is 17.5 Å². The fourth-order valence-corrected chi connectivity index (χ4v) is 5.88. The van der Waals surface area contributed by atoms with Gasteiger partial charge < -0.3 is 18.9 Å².